The van der Waals surface area contributed by atoms with E-state index in [1.165, 1.54) is 12.1 Å². The second-order valence-electron chi connectivity index (χ2n) is 9.28. The zero-order valence-electron chi connectivity index (χ0n) is 21.3. The normalized spacial score (nSPS) is 14.5. The number of urea groups is 1. The van der Waals surface area contributed by atoms with Crippen molar-refractivity contribution in [3.05, 3.63) is 89.0 Å². The third kappa shape index (κ3) is 6.92. The van der Waals surface area contributed by atoms with Crippen LogP contribution in [0, 0.1) is 6.92 Å². The van der Waals surface area contributed by atoms with Crippen molar-refractivity contribution in [2.24, 2.45) is 0 Å². The molecule has 10 nitrogen and oxygen atoms in total. The van der Waals surface area contributed by atoms with Crippen LogP contribution in [0.25, 0.3) is 0 Å². The predicted molar refractivity (Wildman–Crippen MR) is 145 cm³/mol. The minimum Gasteiger partial charge on any atom is -0.491 e. The average molecular weight is 532 g/mol. The number of amides is 3. The molecule has 0 spiro atoms. The first-order valence-electron chi connectivity index (χ1n) is 12.5. The summed E-state index contributed by atoms with van der Waals surface area (Å²) in [5, 5.41) is 24.2. The number of anilines is 2. The van der Waals surface area contributed by atoms with Crippen molar-refractivity contribution >= 4 is 35.3 Å². The molecule has 0 unspecified atom stereocenters. The van der Waals surface area contributed by atoms with Crippen LogP contribution in [0.4, 0.5) is 16.2 Å². The lowest BCUT2D eigenvalue weighted by Crippen LogP contribution is -2.40. The van der Waals surface area contributed by atoms with Crippen LogP contribution < -0.4 is 15.4 Å². The minimum absolute atomic E-state index is 0.0568. The molecule has 1 atom stereocenters. The summed E-state index contributed by atoms with van der Waals surface area (Å²) in [5.74, 6) is -2.55. The summed E-state index contributed by atoms with van der Waals surface area (Å²) in [4.78, 5) is 49.9. The van der Waals surface area contributed by atoms with E-state index in [2.05, 4.69) is 10.6 Å². The molecule has 1 saturated heterocycles. The fourth-order valence-electron chi connectivity index (χ4n) is 4.46. The number of carbonyl (C=O) groups excluding carboxylic acids is 2. The molecule has 3 aromatic rings. The maximum Gasteiger partial charge on any atom is 0.339 e. The van der Waals surface area contributed by atoms with Crippen LogP contribution in [-0.2, 0) is 11.2 Å². The van der Waals surface area contributed by atoms with Gasteiger partial charge in [-0.25, -0.2) is 14.4 Å². The van der Waals surface area contributed by atoms with Crippen LogP contribution in [0.15, 0.2) is 66.7 Å². The number of ether oxygens (including phenoxy) is 1. The Labute approximate surface area is 225 Å². The fraction of sp³-hybridized carbons (Fsp3) is 0.241. The highest BCUT2D eigenvalue weighted by molar-refractivity contribution is 6.00. The molecule has 3 amide bonds. The third-order valence-electron chi connectivity index (χ3n) is 6.55. The van der Waals surface area contributed by atoms with Gasteiger partial charge in [0.25, 0.3) is 0 Å². The topological polar surface area (TPSA) is 145 Å². The number of hydrogen-bond donors (Lipinski definition) is 4. The van der Waals surface area contributed by atoms with Gasteiger partial charge in [-0.15, -0.1) is 0 Å². The average Bonchev–Trinajstić information content (AvgIpc) is 3.38. The van der Waals surface area contributed by atoms with Crippen molar-refractivity contribution in [1.29, 1.82) is 0 Å². The van der Waals surface area contributed by atoms with Gasteiger partial charge in [0.2, 0.25) is 5.91 Å². The van der Waals surface area contributed by atoms with Crippen LogP contribution >= 0.6 is 0 Å². The lowest BCUT2D eigenvalue weighted by atomic mass is 10.1. The highest BCUT2D eigenvalue weighted by atomic mass is 16.5. The number of para-hydroxylation sites is 1. The lowest BCUT2D eigenvalue weighted by molar-refractivity contribution is -0.131. The molecular weight excluding hydrogens is 502 g/mol. The van der Waals surface area contributed by atoms with Gasteiger partial charge in [0.15, 0.2) is 0 Å². The maximum atomic E-state index is 13.1. The Morgan fingerprint density at radius 2 is 1.69 bits per heavy atom. The first-order valence-corrected chi connectivity index (χ1v) is 12.5. The summed E-state index contributed by atoms with van der Waals surface area (Å²) in [6.07, 6.45) is 1.67. The second kappa shape index (κ2) is 12.1. The van der Waals surface area contributed by atoms with E-state index in [9.17, 15) is 24.3 Å². The summed E-state index contributed by atoms with van der Waals surface area (Å²) < 4.78 is 5.74. The van der Waals surface area contributed by atoms with Crippen molar-refractivity contribution in [1.82, 2.24) is 4.90 Å². The van der Waals surface area contributed by atoms with Crippen LogP contribution in [0.5, 0.6) is 5.75 Å². The molecule has 4 rings (SSSR count). The van der Waals surface area contributed by atoms with E-state index in [1.54, 1.807) is 29.2 Å². The van der Waals surface area contributed by atoms with E-state index in [1.807, 2.05) is 31.2 Å². The lowest BCUT2D eigenvalue weighted by Gasteiger charge is -2.25. The third-order valence-corrected chi connectivity index (χ3v) is 6.55. The smallest absolute Gasteiger partial charge is 0.339 e. The Morgan fingerprint density at radius 1 is 0.949 bits per heavy atom. The number of rotatable bonds is 9. The van der Waals surface area contributed by atoms with Gasteiger partial charge in [-0.05, 0) is 67.3 Å². The SMILES string of the molecule is Cc1ccccc1NC(=O)Nc1ccc(CC(=O)N2CCC[C@H]2COc2ccc(C(=O)O)cc2C(=O)O)cc1. The molecule has 0 aromatic heterocycles. The van der Waals surface area contributed by atoms with E-state index in [-0.39, 0.29) is 47.9 Å². The van der Waals surface area contributed by atoms with Gasteiger partial charge in [0, 0.05) is 17.9 Å². The van der Waals surface area contributed by atoms with Gasteiger partial charge in [-0.1, -0.05) is 30.3 Å². The Balaban J connectivity index is 1.32. The first-order chi connectivity index (χ1) is 18.7. The van der Waals surface area contributed by atoms with Gasteiger partial charge in [0.05, 0.1) is 18.0 Å². The van der Waals surface area contributed by atoms with Gasteiger partial charge >= 0.3 is 18.0 Å². The van der Waals surface area contributed by atoms with E-state index in [0.717, 1.165) is 29.3 Å². The van der Waals surface area contributed by atoms with Crippen molar-refractivity contribution in [2.75, 3.05) is 23.8 Å². The molecule has 0 radical (unpaired) electrons. The van der Waals surface area contributed by atoms with E-state index < -0.39 is 11.9 Å². The number of hydrogen-bond acceptors (Lipinski definition) is 5. The Bertz CT molecular complexity index is 1390. The molecule has 1 heterocycles. The molecule has 0 aliphatic carbocycles. The molecule has 1 fully saturated rings. The van der Waals surface area contributed by atoms with Gasteiger partial charge in [-0.3, -0.25) is 4.79 Å². The predicted octanol–water partition coefficient (Wildman–Crippen LogP) is 4.65. The molecule has 10 heteroatoms. The summed E-state index contributed by atoms with van der Waals surface area (Å²) in [6.45, 7) is 2.57. The highest BCUT2D eigenvalue weighted by Crippen LogP contribution is 2.24. The molecule has 1 aliphatic heterocycles. The summed E-state index contributed by atoms with van der Waals surface area (Å²) in [6, 6.07) is 17.6. The van der Waals surface area contributed by atoms with Gasteiger partial charge in [-0.2, -0.15) is 0 Å². The Kier molecular flexibility index (Phi) is 8.45. The van der Waals surface area contributed by atoms with Crippen molar-refractivity contribution in [2.45, 2.75) is 32.2 Å². The van der Waals surface area contributed by atoms with Gasteiger partial charge < -0.3 is 30.5 Å². The number of carboxylic acids is 2. The molecule has 3 aromatic carbocycles. The first kappa shape index (κ1) is 27.2. The van der Waals surface area contributed by atoms with E-state index in [4.69, 9.17) is 9.84 Å². The number of aryl methyl sites for hydroxylation is 1. The Hall–Kier alpha value is -4.86. The number of benzene rings is 3. The Morgan fingerprint density at radius 3 is 2.38 bits per heavy atom. The quantitative estimate of drug-likeness (QED) is 0.314. The number of likely N-dealkylation sites (tertiary alicyclic amines) is 1. The van der Waals surface area contributed by atoms with Gasteiger partial charge in [0.1, 0.15) is 17.9 Å². The van der Waals surface area contributed by atoms with E-state index in [0.29, 0.717) is 18.7 Å². The second-order valence-corrected chi connectivity index (χ2v) is 9.28. The molecule has 0 saturated carbocycles. The zero-order valence-corrected chi connectivity index (χ0v) is 21.3. The molecule has 1 aliphatic rings. The van der Waals surface area contributed by atoms with Crippen LogP contribution in [-0.4, -0.2) is 58.2 Å². The summed E-state index contributed by atoms with van der Waals surface area (Å²) in [5.41, 5.74) is 2.66. The number of nitrogens with one attached hydrogen (secondary N) is 2. The van der Waals surface area contributed by atoms with Crippen LogP contribution in [0.1, 0.15) is 44.7 Å². The minimum atomic E-state index is -1.29. The fourth-order valence-corrected chi connectivity index (χ4v) is 4.46. The summed E-state index contributed by atoms with van der Waals surface area (Å²) >= 11 is 0. The standard InChI is InChI=1S/C29H29N3O7/c1-18-5-2-3-7-24(18)31-29(38)30-21-11-8-19(9-12-21)15-26(33)32-14-4-6-22(32)17-39-25-13-10-20(27(34)35)16-23(25)28(36)37/h2-3,5,7-13,16,22H,4,6,14-15,17H2,1H3,(H,34,35)(H,36,37)(H2,30,31,38)/t22-/m0/s1. The molecule has 39 heavy (non-hydrogen) atoms. The van der Waals surface area contributed by atoms with Crippen LogP contribution in [0.3, 0.4) is 0 Å². The molecule has 202 valence electrons. The monoisotopic (exact) mass is 531 g/mol. The molecule has 4 N–H and O–H groups in total. The maximum absolute atomic E-state index is 13.1. The van der Waals surface area contributed by atoms with Crippen molar-refractivity contribution < 1.29 is 34.1 Å². The highest BCUT2D eigenvalue weighted by Gasteiger charge is 2.29. The largest absolute Gasteiger partial charge is 0.491 e. The number of carbonyl (C=O) groups is 4. The van der Waals surface area contributed by atoms with Crippen molar-refractivity contribution in [3.8, 4) is 5.75 Å². The van der Waals surface area contributed by atoms with Crippen LogP contribution in [0.2, 0.25) is 0 Å². The zero-order chi connectivity index (χ0) is 27.9. The molecular formula is C29H29N3O7. The van der Waals surface area contributed by atoms with Crippen molar-refractivity contribution in [3.63, 3.8) is 0 Å². The number of aromatic carboxylic acids is 2. The number of carboxylic acid groups (broad SMARTS) is 2. The number of nitrogens with zero attached hydrogens (tertiary/aromatic N) is 1. The van der Waals surface area contributed by atoms with E-state index >= 15 is 0 Å². The molecule has 0 bridgehead atoms. The summed E-state index contributed by atoms with van der Waals surface area (Å²) in [7, 11) is 0.